The number of benzene rings is 1. The molecule has 1 aromatic carbocycles. The summed E-state index contributed by atoms with van der Waals surface area (Å²) in [6.45, 7) is 1.11. The van der Waals surface area contributed by atoms with Gasteiger partial charge in [-0.1, -0.05) is 30.3 Å². The third-order valence-corrected chi connectivity index (χ3v) is 2.45. The summed E-state index contributed by atoms with van der Waals surface area (Å²) < 4.78 is 7.42. The quantitative estimate of drug-likeness (QED) is 0.747. The lowest BCUT2D eigenvalue weighted by Crippen LogP contribution is -2.00. The van der Waals surface area contributed by atoms with Crippen LogP contribution in [0.2, 0.25) is 0 Å². The van der Waals surface area contributed by atoms with Crippen LogP contribution in [0.4, 0.5) is 0 Å². The van der Waals surface area contributed by atoms with Crippen molar-refractivity contribution < 1.29 is 4.74 Å². The molecular formula is C12H13ClN2O. The second-order valence-corrected chi connectivity index (χ2v) is 3.74. The number of ether oxygens (including phenoxy) is 1. The molecule has 4 heteroatoms. The fraction of sp³-hybridized carbons (Fsp3) is 0.250. The molecule has 0 spiro atoms. The van der Waals surface area contributed by atoms with E-state index >= 15 is 0 Å². The first-order valence-corrected chi connectivity index (χ1v) is 5.60. The minimum Gasteiger partial charge on any atom is -0.356 e. The molecule has 1 aromatic heterocycles. The second-order valence-electron chi connectivity index (χ2n) is 3.48. The highest BCUT2D eigenvalue weighted by Gasteiger charge is 1.97. The second kappa shape index (κ2) is 5.68. The van der Waals surface area contributed by atoms with Crippen LogP contribution in [0.15, 0.2) is 42.9 Å². The lowest BCUT2D eigenvalue weighted by Gasteiger charge is -2.04. The molecule has 2 aromatic rings. The topological polar surface area (TPSA) is 27.1 Å². The summed E-state index contributed by atoms with van der Waals surface area (Å²) in [5.74, 6) is 0.436. The maximum atomic E-state index is 5.65. The Balaban J connectivity index is 1.80. The van der Waals surface area contributed by atoms with Gasteiger partial charge in [-0.05, 0) is 5.56 Å². The van der Waals surface area contributed by atoms with Gasteiger partial charge in [-0.25, -0.2) is 4.98 Å². The van der Waals surface area contributed by atoms with Crippen molar-refractivity contribution in [3.05, 3.63) is 54.1 Å². The highest BCUT2D eigenvalue weighted by molar-refractivity contribution is 6.16. The van der Waals surface area contributed by atoms with Gasteiger partial charge in [0.2, 0.25) is 0 Å². The third-order valence-electron chi connectivity index (χ3n) is 2.18. The average Bonchev–Trinajstić information content (AvgIpc) is 2.78. The minimum atomic E-state index is 0.436. The smallest absolute Gasteiger partial charge is 0.124 e. The number of aromatic nitrogens is 2. The summed E-state index contributed by atoms with van der Waals surface area (Å²) in [6.07, 6.45) is 3.61. The first-order chi connectivity index (χ1) is 7.88. The van der Waals surface area contributed by atoms with E-state index in [0.717, 1.165) is 5.69 Å². The number of nitrogens with zero attached hydrogens (tertiary/aromatic N) is 2. The van der Waals surface area contributed by atoms with Crippen LogP contribution in [0, 0.1) is 0 Å². The molecule has 3 nitrogen and oxygen atoms in total. The fourth-order valence-electron chi connectivity index (χ4n) is 1.39. The lowest BCUT2D eigenvalue weighted by molar-refractivity contribution is 0.0639. The molecule has 1 heterocycles. The van der Waals surface area contributed by atoms with Crippen LogP contribution in [-0.4, -0.2) is 9.55 Å². The van der Waals surface area contributed by atoms with E-state index < -0.39 is 0 Å². The van der Waals surface area contributed by atoms with Gasteiger partial charge < -0.3 is 9.30 Å². The molecule has 0 saturated heterocycles. The van der Waals surface area contributed by atoms with Gasteiger partial charge in [0.1, 0.15) is 6.73 Å². The predicted molar refractivity (Wildman–Crippen MR) is 63.0 cm³/mol. The Morgan fingerprint density at radius 1 is 1.25 bits per heavy atom. The molecule has 0 aliphatic carbocycles. The number of hydrogen-bond acceptors (Lipinski definition) is 2. The zero-order valence-corrected chi connectivity index (χ0v) is 9.60. The number of imidazole rings is 1. The van der Waals surface area contributed by atoms with E-state index in [1.165, 1.54) is 5.56 Å². The maximum absolute atomic E-state index is 5.65. The van der Waals surface area contributed by atoms with Gasteiger partial charge >= 0.3 is 0 Å². The molecule has 0 amide bonds. The molecular weight excluding hydrogens is 224 g/mol. The Kier molecular flexibility index (Phi) is 3.97. The molecule has 0 atom stereocenters. The Morgan fingerprint density at radius 2 is 2.06 bits per heavy atom. The van der Waals surface area contributed by atoms with Gasteiger partial charge in [0.15, 0.2) is 0 Å². The van der Waals surface area contributed by atoms with E-state index in [2.05, 4.69) is 4.98 Å². The molecule has 2 rings (SSSR count). The van der Waals surface area contributed by atoms with Gasteiger partial charge in [-0.2, -0.15) is 0 Å². The molecule has 0 aliphatic heterocycles. The molecule has 0 radical (unpaired) electrons. The van der Waals surface area contributed by atoms with Crippen LogP contribution < -0.4 is 0 Å². The van der Waals surface area contributed by atoms with Crippen molar-refractivity contribution >= 4 is 11.6 Å². The first kappa shape index (κ1) is 11.2. The van der Waals surface area contributed by atoms with Gasteiger partial charge in [0.25, 0.3) is 0 Å². The highest BCUT2D eigenvalue weighted by atomic mass is 35.5. The zero-order chi connectivity index (χ0) is 11.2. The summed E-state index contributed by atoms with van der Waals surface area (Å²) in [5.41, 5.74) is 2.03. The molecule has 0 unspecified atom stereocenters. The number of hydrogen-bond donors (Lipinski definition) is 0. The molecule has 0 aliphatic rings. The Bertz CT molecular complexity index is 428. The van der Waals surface area contributed by atoms with Crippen molar-refractivity contribution in [1.82, 2.24) is 9.55 Å². The van der Waals surface area contributed by atoms with Gasteiger partial charge in [-0.3, -0.25) is 0 Å². The van der Waals surface area contributed by atoms with Crippen LogP contribution in [0.1, 0.15) is 11.3 Å². The average molecular weight is 237 g/mol. The van der Waals surface area contributed by atoms with Crippen LogP contribution in [0.5, 0.6) is 0 Å². The number of rotatable bonds is 5. The molecule has 0 saturated carbocycles. The van der Waals surface area contributed by atoms with E-state index in [9.17, 15) is 0 Å². The monoisotopic (exact) mass is 236 g/mol. The summed E-state index contributed by atoms with van der Waals surface area (Å²) in [4.78, 5) is 4.11. The van der Waals surface area contributed by atoms with E-state index in [0.29, 0.717) is 19.2 Å². The molecule has 0 bridgehead atoms. The van der Waals surface area contributed by atoms with Crippen LogP contribution in [0.25, 0.3) is 0 Å². The van der Waals surface area contributed by atoms with Gasteiger partial charge in [0.05, 0.1) is 24.5 Å². The predicted octanol–water partition coefficient (Wildman–Crippen LogP) is 2.80. The molecule has 16 heavy (non-hydrogen) atoms. The maximum Gasteiger partial charge on any atom is 0.124 e. The summed E-state index contributed by atoms with van der Waals surface area (Å²) >= 11 is 5.65. The van der Waals surface area contributed by atoms with Gasteiger partial charge in [0, 0.05) is 6.20 Å². The van der Waals surface area contributed by atoms with Gasteiger partial charge in [-0.15, -0.1) is 11.6 Å². The van der Waals surface area contributed by atoms with Crippen LogP contribution >= 0.6 is 11.6 Å². The first-order valence-electron chi connectivity index (χ1n) is 5.07. The zero-order valence-electron chi connectivity index (χ0n) is 8.84. The molecule has 0 N–H and O–H groups in total. The minimum absolute atomic E-state index is 0.436. The highest BCUT2D eigenvalue weighted by Crippen LogP contribution is 2.03. The van der Waals surface area contributed by atoms with Crippen LogP contribution in [0.3, 0.4) is 0 Å². The lowest BCUT2D eigenvalue weighted by atomic mass is 10.2. The van der Waals surface area contributed by atoms with E-state index in [1.54, 1.807) is 6.33 Å². The Labute approximate surface area is 99.6 Å². The van der Waals surface area contributed by atoms with E-state index in [4.69, 9.17) is 16.3 Å². The number of alkyl halides is 1. The standard InChI is InChI=1S/C12H13ClN2O/c13-6-12-7-15(9-14-12)10-16-8-11-4-2-1-3-5-11/h1-5,7,9H,6,8,10H2. The molecule has 0 fully saturated rings. The van der Waals surface area contributed by atoms with Crippen molar-refractivity contribution in [3.8, 4) is 0 Å². The van der Waals surface area contributed by atoms with E-state index in [1.807, 2.05) is 41.1 Å². The number of halogens is 1. The Morgan fingerprint density at radius 3 is 2.75 bits per heavy atom. The van der Waals surface area contributed by atoms with Crippen molar-refractivity contribution in [2.45, 2.75) is 19.2 Å². The van der Waals surface area contributed by atoms with Crippen molar-refractivity contribution in [1.29, 1.82) is 0 Å². The van der Waals surface area contributed by atoms with Crippen molar-refractivity contribution in [3.63, 3.8) is 0 Å². The summed E-state index contributed by atoms with van der Waals surface area (Å²) in [6, 6.07) is 10.1. The van der Waals surface area contributed by atoms with Crippen molar-refractivity contribution in [2.24, 2.45) is 0 Å². The van der Waals surface area contributed by atoms with E-state index in [-0.39, 0.29) is 0 Å². The summed E-state index contributed by atoms with van der Waals surface area (Å²) in [7, 11) is 0. The third kappa shape index (κ3) is 3.08. The Hall–Kier alpha value is -1.32. The molecule has 84 valence electrons. The fourth-order valence-corrected chi connectivity index (χ4v) is 1.53. The van der Waals surface area contributed by atoms with Crippen LogP contribution in [-0.2, 0) is 24.0 Å². The SMILES string of the molecule is ClCc1cn(COCc2ccccc2)cn1. The summed E-state index contributed by atoms with van der Waals surface area (Å²) in [5, 5.41) is 0. The normalized spacial score (nSPS) is 10.6. The largest absolute Gasteiger partial charge is 0.356 e. The van der Waals surface area contributed by atoms with Crippen molar-refractivity contribution in [2.75, 3.05) is 0 Å².